The topological polar surface area (TPSA) is 62.0 Å². The molecule has 0 saturated heterocycles. The highest BCUT2D eigenvalue weighted by Gasteiger charge is 2.08. The van der Waals surface area contributed by atoms with Gasteiger partial charge in [0.2, 0.25) is 5.56 Å². The molecule has 2 rings (SSSR count). The van der Waals surface area contributed by atoms with Gasteiger partial charge in [0.25, 0.3) is 5.91 Å². The summed E-state index contributed by atoms with van der Waals surface area (Å²) in [5, 5.41) is 3.22. The first kappa shape index (κ1) is 12.9. The minimum Gasteiger partial charge on any atom is -0.328 e. The fourth-order valence-electron chi connectivity index (χ4n) is 1.34. The van der Waals surface area contributed by atoms with E-state index < -0.39 is 0 Å². The predicted octanol–water partition coefficient (Wildman–Crippen LogP) is 3.04. The van der Waals surface area contributed by atoms with Crippen LogP contribution in [0.25, 0.3) is 0 Å². The van der Waals surface area contributed by atoms with Crippen molar-refractivity contribution < 1.29 is 4.79 Å². The molecule has 1 aromatic carbocycles. The predicted molar refractivity (Wildman–Crippen MR) is 74.2 cm³/mol. The average molecular weight is 328 g/mol. The Hall–Kier alpha value is -1.59. The molecule has 0 aliphatic rings. The number of nitrogens with one attached hydrogen (secondary N) is 2. The Morgan fingerprint density at radius 2 is 2.06 bits per heavy atom. The summed E-state index contributed by atoms with van der Waals surface area (Å²) in [7, 11) is 0. The Morgan fingerprint density at radius 3 is 2.72 bits per heavy atom. The van der Waals surface area contributed by atoms with Gasteiger partial charge < -0.3 is 10.3 Å². The third kappa shape index (κ3) is 3.00. The van der Waals surface area contributed by atoms with Gasteiger partial charge in [-0.15, -0.1) is 0 Å². The Kier molecular flexibility index (Phi) is 3.84. The first-order chi connectivity index (χ1) is 8.56. The fraction of sp³-hybridized carbons (Fsp3) is 0. The van der Waals surface area contributed by atoms with Gasteiger partial charge in [0, 0.05) is 21.8 Å². The van der Waals surface area contributed by atoms with Crippen molar-refractivity contribution in [2.75, 3.05) is 5.32 Å². The van der Waals surface area contributed by atoms with E-state index in [1.807, 2.05) is 0 Å². The Labute approximate surface area is 116 Å². The van der Waals surface area contributed by atoms with Crippen LogP contribution >= 0.6 is 27.5 Å². The van der Waals surface area contributed by atoms with E-state index in [0.717, 1.165) is 4.47 Å². The quantitative estimate of drug-likeness (QED) is 0.890. The minimum absolute atomic E-state index is 0.254. The first-order valence-corrected chi connectivity index (χ1v) is 6.18. The number of aromatic amines is 1. The third-order valence-corrected chi connectivity index (χ3v) is 3.15. The van der Waals surface area contributed by atoms with Crippen molar-refractivity contribution in [3.63, 3.8) is 0 Å². The van der Waals surface area contributed by atoms with Crippen molar-refractivity contribution in [2.24, 2.45) is 0 Å². The molecule has 18 heavy (non-hydrogen) atoms. The molecule has 2 aromatic rings. The number of carbonyl (C=O) groups excluding carboxylic acids is 1. The van der Waals surface area contributed by atoms with Crippen LogP contribution in [0.15, 0.2) is 45.8 Å². The van der Waals surface area contributed by atoms with E-state index in [0.29, 0.717) is 16.3 Å². The van der Waals surface area contributed by atoms with Crippen molar-refractivity contribution in [2.45, 2.75) is 0 Å². The summed E-state index contributed by atoms with van der Waals surface area (Å²) in [6, 6.07) is 7.83. The number of hydrogen-bond donors (Lipinski definition) is 2. The van der Waals surface area contributed by atoms with E-state index in [9.17, 15) is 9.59 Å². The van der Waals surface area contributed by atoms with Gasteiger partial charge in [0.1, 0.15) is 0 Å². The highest BCUT2D eigenvalue weighted by molar-refractivity contribution is 9.10. The molecule has 0 bridgehead atoms. The van der Waals surface area contributed by atoms with Gasteiger partial charge in [0.15, 0.2) is 0 Å². The number of benzene rings is 1. The Morgan fingerprint density at radius 1 is 1.28 bits per heavy atom. The number of anilines is 1. The van der Waals surface area contributed by atoms with Gasteiger partial charge in [0.05, 0.1) is 11.3 Å². The molecule has 0 aliphatic heterocycles. The van der Waals surface area contributed by atoms with Gasteiger partial charge in [-0.1, -0.05) is 11.6 Å². The smallest absolute Gasteiger partial charge is 0.257 e. The van der Waals surface area contributed by atoms with Crippen molar-refractivity contribution in [1.82, 2.24) is 4.98 Å². The van der Waals surface area contributed by atoms with Crippen LogP contribution in [0.3, 0.4) is 0 Å². The summed E-state index contributed by atoms with van der Waals surface area (Å²) in [6.45, 7) is 0. The zero-order chi connectivity index (χ0) is 13.1. The second-order valence-electron chi connectivity index (χ2n) is 3.52. The number of amides is 1. The van der Waals surface area contributed by atoms with Crippen molar-refractivity contribution in [1.29, 1.82) is 0 Å². The minimum atomic E-state index is -0.325. The van der Waals surface area contributed by atoms with Crippen LogP contribution in [0.2, 0.25) is 5.02 Å². The van der Waals surface area contributed by atoms with Crippen LogP contribution in [0, 0.1) is 0 Å². The van der Waals surface area contributed by atoms with Gasteiger partial charge in [-0.3, -0.25) is 9.59 Å². The maximum Gasteiger partial charge on any atom is 0.257 e. The molecule has 0 fully saturated rings. The monoisotopic (exact) mass is 326 g/mol. The molecule has 2 N–H and O–H groups in total. The number of hydrogen-bond acceptors (Lipinski definition) is 2. The molecule has 0 aliphatic carbocycles. The molecule has 92 valence electrons. The summed E-state index contributed by atoms with van der Waals surface area (Å²) in [6.07, 6.45) is 1.36. The number of pyridine rings is 1. The maximum atomic E-state index is 11.9. The molecule has 0 atom stereocenters. The van der Waals surface area contributed by atoms with E-state index in [1.165, 1.54) is 18.3 Å². The van der Waals surface area contributed by atoms with Crippen LogP contribution in [-0.4, -0.2) is 10.9 Å². The van der Waals surface area contributed by atoms with E-state index in [-0.39, 0.29) is 11.5 Å². The summed E-state index contributed by atoms with van der Waals surface area (Å²) in [5.74, 6) is -0.325. The molecule has 6 heteroatoms. The lowest BCUT2D eigenvalue weighted by Gasteiger charge is -2.07. The Bertz CT molecular complexity index is 634. The zero-order valence-corrected chi connectivity index (χ0v) is 11.4. The summed E-state index contributed by atoms with van der Waals surface area (Å²) in [4.78, 5) is 25.2. The number of halogens is 2. The molecule has 1 heterocycles. The lowest BCUT2D eigenvalue weighted by molar-refractivity contribution is 0.102. The van der Waals surface area contributed by atoms with Crippen molar-refractivity contribution in [3.05, 3.63) is 61.9 Å². The molecule has 0 radical (unpaired) electrons. The van der Waals surface area contributed by atoms with Gasteiger partial charge in [-0.05, 0) is 40.2 Å². The van der Waals surface area contributed by atoms with E-state index in [1.54, 1.807) is 18.2 Å². The number of H-pyrrole nitrogens is 1. The highest BCUT2D eigenvalue weighted by Crippen LogP contribution is 2.26. The largest absolute Gasteiger partial charge is 0.328 e. The van der Waals surface area contributed by atoms with Gasteiger partial charge >= 0.3 is 0 Å². The Balaban J connectivity index is 2.23. The van der Waals surface area contributed by atoms with Crippen molar-refractivity contribution >= 4 is 39.1 Å². The fourth-order valence-corrected chi connectivity index (χ4v) is 1.86. The SMILES string of the molecule is O=C(Nc1cc(Cl)ccc1Br)c1ccc(=O)[nH]c1. The summed E-state index contributed by atoms with van der Waals surface area (Å²) >= 11 is 9.16. The second kappa shape index (κ2) is 5.37. The standard InChI is InChI=1S/C12H8BrClN2O2/c13-9-3-2-8(14)5-10(9)16-12(18)7-1-4-11(17)15-6-7/h1-6H,(H,15,17)(H,16,18). The maximum absolute atomic E-state index is 11.9. The number of aromatic nitrogens is 1. The van der Waals surface area contributed by atoms with Crippen LogP contribution in [0.1, 0.15) is 10.4 Å². The van der Waals surface area contributed by atoms with E-state index in [2.05, 4.69) is 26.2 Å². The molecule has 0 unspecified atom stereocenters. The molecule has 4 nitrogen and oxygen atoms in total. The van der Waals surface area contributed by atoms with Crippen LogP contribution in [0.4, 0.5) is 5.69 Å². The number of carbonyl (C=O) groups is 1. The second-order valence-corrected chi connectivity index (χ2v) is 4.81. The summed E-state index contributed by atoms with van der Waals surface area (Å²) in [5.41, 5.74) is 0.677. The first-order valence-electron chi connectivity index (χ1n) is 5.01. The van der Waals surface area contributed by atoms with Crippen LogP contribution in [-0.2, 0) is 0 Å². The number of rotatable bonds is 2. The molecule has 0 spiro atoms. The molecule has 1 aromatic heterocycles. The summed E-state index contributed by atoms with van der Waals surface area (Å²) < 4.78 is 0.727. The zero-order valence-electron chi connectivity index (χ0n) is 9.04. The van der Waals surface area contributed by atoms with Crippen LogP contribution in [0.5, 0.6) is 0 Å². The van der Waals surface area contributed by atoms with Gasteiger partial charge in [-0.25, -0.2) is 0 Å². The third-order valence-electron chi connectivity index (χ3n) is 2.22. The lowest BCUT2D eigenvalue weighted by Crippen LogP contribution is -2.14. The van der Waals surface area contributed by atoms with Crippen molar-refractivity contribution in [3.8, 4) is 0 Å². The lowest BCUT2D eigenvalue weighted by atomic mass is 10.2. The average Bonchev–Trinajstić information content (AvgIpc) is 2.34. The normalized spacial score (nSPS) is 10.1. The van der Waals surface area contributed by atoms with E-state index in [4.69, 9.17) is 11.6 Å². The molecule has 1 amide bonds. The molecular formula is C12H8BrClN2O2. The molecule has 0 saturated carbocycles. The highest BCUT2D eigenvalue weighted by atomic mass is 79.9. The van der Waals surface area contributed by atoms with E-state index >= 15 is 0 Å². The van der Waals surface area contributed by atoms with Gasteiger partial charge in [-0.2, -0.15) is 0 Å². The van der Waals surface area contributed by atoms with Crippen LogP contribution < -0.4 is 10.9 Å². The molecular weight excluding hydrogens is 320 g/mol.